The Balaban J connectivity index is 4.28. The molecular formula is C12H23NO3. The van der Waals surface area contributed by atoms with Gasteiger partial charge in [0.05, 0.1) is 12.1 Å². The molecule has 0 bridgehead atoms. The Morgan fingerprint density at radius 1 is 1.56 bits per heavy atom. The number of hydrogen-bond donors (Lipinski definition) is 2. The summed E-state index contributed by atoms with van der Waals surface area (Å²) in [5, 5.41) is 12.3. The van der Waals surface area contributed by atoms with Crippen LogP contribution in [0.2, 0.25) is 0 Å². The van der Waals surface area contributed by atoms with E-state index in [2.05, 4.69) is 11.9 Å². The summed E-state index contributed by atoms with van der Waals surface area (Å²) in [4.78, 5) is 11.5. The summed E-state index contributed by atoms with van der Waals surface area (Å²) in [6, 6.07) is -0.336. The summed E-state index contributed by atoms with van der Waals surface area (Å²) in [6.07, 6.45) is 1.72. The third kappa shape index (κ3) is 6.45. The second-order valence-electron chi connectivity index (χ2n) is 4.77. The normalized spacial score (nSPS) is 15.1. The average molecular weight is 229 g/mol. The lowest BCUT2D eigenvalue weighted by Gasteiger charge is -2.25. The highest BCUT2D eigenvalue weighted by molar-refractivity contribution is 5.68. The van der Waals surface area contributed by atoms with E-state index in [9.17, 15) is 9.90 Å². The fourth-order valence-electron chi connectivity index (χ4n) is 1.26. The zero-order chi connectivity index (χ0) is 12.8. The molecule has 0 radical (unpaired) electrons. The Hall–Kier alpha value is -1.03. The van der Waals surface area contributed by atoms with Crippen molar-refractivity contribution in [2.24, 2.45) is 0 Å². The van der Waals surface area contributed by atoms with Gasteiger partial charge >= 0.3 is 6.09 Å². The molecule has 0 aromatic heterocycles. The summed E-state index contributed by atoms with van der Waals surface area (Å²) >= 11 is 0. The second kappa shape index (κ2) is 6.53. The standard InChI is InChI=1S/C12H23NO3/c1-6-8-9(10(14)7-2)13-11(15)16-12(3,4)5/h7,9-10,14H,2,6,8H2,1,3-5H3,(H,13,15)/t9-,10-/m0/s1. The van der Waals surface area contributed by atoms with Crippen molar-refractivity contribution in [2.75, 3.05) is 0 Å². The van der Waals surface area contributed by atoms with E-state index in [0.717, 1.165) is 6.42 Å². The molecule has 0 aliphatic carbocycles. The van der Waals surface area contributed by atoms with Crippen molar-refractivity contribution in [3.8, 4) is 0 Å². The van der Waals surface area contributed by atoms with Crippen molar-refractivity contribution < 1.29 is 14.6 Å². The molecule has 2 atom stereocenters. The fraction of sp³-hybridized carbons (Fsp3) is 0.750. The second-order valence-corrected chi connectivity index (χ2v) is 4.77. The first-order valence-corrected chi connectivity index (χ1v) is 5.60. The number of carbonyl (C=O) groups is 1. The van der Waals surface area contributed by atoms with Gasteiger partial charge in [0.15, 0.2) is 0 Å². The predicted molar refractivity (Wildman–Crippen MR) is 64.3 cm³/mol. The van der Waals surface area contributed by atoms with Crippen LogP contribution in [0.15, 0.2) is 12.7 Å². The van der Waals surface area contributed by atoms with Gasteiger partial charge in [-0.2, -0.15) is 0 Å². The topological polar surface area (TPSA) is 58.6 Å². The predicted octanol–water partition coefficient (Wildman–Crippen LogP) is 2.23. The Labute approximate surface area is 97.7 Å². The van der Waals surface area contributed by atoms with Gasteiger partial charge in [-0.15, -0.1) is 6.58 Å². The summed E-state index contributed by atoms with van der Waals surface area (Å²) in [7, 11) is 0. The van der Waals surface area contributed by atoms with Crippen molar-refractivity contribution in [3.05, 3.63) is 12.7 Å². The summed E-state index contributed by atoms with van der Waals surface area (Å²) < 4.78 is 5.11. The van der Waals surface area contributed by atoms with Crippen LogP contribution in [0.25, 0.3) is 0 Å². The van der Waals surface area contributed by atoms with Crippen LogP contribution >= 0.6 is 0 Å². The minimum absolute atomic E-state index is 0.336. The molecule has 2 N–H and O–H groups in total. The lowest BCUT2D eigenvalue weighted by Crippen LogP contribution is -2.44. The maximum Gasteiger partial charge on any atom is 0.407 e. The number of alkyl carbamates (subject to hydrolysis) is 1. The number of carbonyl (C=O) groups excluding carboxylic acids is 1. The zero-order valence-corrected chi connectivity index (χ0v) is 10.6. The van der Waals surface area contributed by atoms with Crippen LogP contribution in [0.4, 0.5) is 4.79 Å². The number of rotatable bonds is 5. The molecule has 0 unspecified atom stereocenters. The molecular weight excluding hydrogens is 206 g/mol. The van der Waals surface area contributed by atoms with E-state index in [1.807, 2.05) is 6.92 Å². The summed E-state index contributed by atoms with van der Waals surface area (Å²) in [6.45, 7) is 10.9. The van der Waals surface area contributed by atoms with Crippen LogP contribution in [-0.4, -0.2) is 28.9 Å². The average Bonchev–Trinajstić information content (AvgIpc) is 2.13. The highest BCUT2D eigenvalue weighted by Crippen LogP contribution is 2.09. The Kier molecular flexibility index (Phi) is 6.11. The summed E-state index contributed by atoms with van der Waals surface area (Å²) in [5.74, 6) is 0. The maximum absolute atomic E-state index is 11.5. The van der Waals surface area contributed by atoms with Crippen LogP contribution in [0.5, 0.6) is 0 Å². The van der Waals surface area contributed by atoms with Gasteiger partial charge in [-0.3, -0.25) is 0 Å². The lowest BCUT2D eigenvalue weighted by molar-refractivity contribution is 0.0449. The van der Waals surface area contributed by atoms with E-state index in [1.165, 1.54) is 6.08 Å². The van der Waals surface area contributed by atoms with Crippen molar-refractivity contribution in [1.82, 2.24) is 5.32 Å². The molecule has 4 heteroatoms. The Morgan fingerprint density at radius 3 is 2.50 bits per heavy atom. The molecule has 16 heavy (non-hydrogen) atoms. The number of hydrogen-bond acceptors (Lipinski definition) is 3. The highest BCUT2D eigenvalue weighted by Gasteiger charge is 2.22. The number of aliphatic hydroxyl groups is 1. The van der Waals surface area contributed by atoms with Crippen molar-refractivity contribution in [3.63, 3.8) is 0 Å². The van der Waals surface area contributed by atoms with E-state index in [4.69, 9.17) is 4.74 Å². The number of amides is 1. The summed E-state index contributed by atoms with van der Waals surface area (Å²) in [5.41, 5.74) is -0.528. The van der Waals surface area contributed by atoms with Crippen molar-refractivity contribution >= 4 is 6.09 Å². The van der Waals surface area contributed by atoms with Gasteiger partial charge in [0.2, 0.25) is 0 Å². The quantitative estimate of drug-likeness (QED) is 0.711. The van der Waals surface area contributed by atoms with Gasteiger partial charge in [-0.25, -0.2) is 4.79 Å². The molecule has 0 saturated heterocycles. The van der Waals surface area contributed by atoms with Gasteiger partial charge in [0.25, 0.3) is 0 Å². The van der Waals surface area contributed by atoms with E-state index in [-0.39, 0.29) is 6.04 Å². The fourth-order valence-corrected chi connectivity index (χ4v) is 1.26. The molecule has 0 fully saturated rings. The zero-order valence-electron chi connectivity index (χ0n) is 10.6. The molecule has 0 aliphatic rings. The van der Waals surface area contributed by atoms with Gasteiger partial charge in [0.1, 0.15) is 5.60 Å². The first kappa shape index (κ1) is 15.0. The van der Waals surface area contributed by atoms with E-state index >= 15 is 0 Å². The molecule has 1 amide bonds. The van der Waals surface area contributed by atoms with Crippen molar-refractivity contribution in [2.45, 2.75) is 58.3 Å². The minimum Gasteiger partial charge on any atom is -0.444 e. The number of nitrogens with one attached hydrogen (secondary N) is 1. The molecule has 94 valence electrons. The van der Waals surface area contributed by atoms with Crippen LogP contribution in [0.1, 0.15) is 40.5 Å². The Bertz CT molecular complexity index is 233. The van der Waals surface area contributed by atoms with Gasteiger partial charge < -0.3 is 15.2 Å². The van der Waals surface area contributed by atoms with E-state index in [0.29, 0.717) is 6.42 Å². The lowest BCUT2D eigenvalue weighted by atomic mass is 10.1. The highest BCUT2D eigenvalue weighted by atomic mass is 16.6. The largest absolute Gasteiger partial charge is 0.444 e. The third-order valence-electron chi connectivity index (χ3n) is 1.96. The van der Waals surface area contributed by atoms with Gasteiger partial charge in [-0.1, -0.05) is 19.4 Å². The van der Waals surface area contributed by atoms with Gasteiger partial charge in [0, 0.05) is 0 Å². The van der Waals surface area contributed by atoms with E-state index in [1.54, 1.807) is 20.8 Å². The van der Waals surface area contributed by atoms with Crippen LogP contribution < -0.4 is 5.32 Å². The Morgan fingerprint density at radius 2 is 2.12 bits per heavy atom. The molecule has 0 heterocycles. The molecule has 0 aromatic carbocycles. The molecule has 0 aromatic rings. The van der Waals surface area contributed by atoms with Crippen LogP contribution in [-0.2, 0) is 4.74 Å². The van der Waals surface area contributed by atoms with Crippen LogP contribution in [0.3, 0.4) is 0 Å². The monoisotopic (exact) mass is 229 g/mol. The number of aliphatic hydroxyl groups excluding tert-OH is 1. The van der Waals surface area contributed by atoms with Gasteiger partial charge in [-0.05, 0) is 27.2 Å². The number of ether oxygens (including phenoxy) is 1. The van der Waals surface area contributed by atoms with Crippen LogP contribution in [0, 0.1) is 0 Å². The molecule has 0 aliphatic heterocycles. The maximum atomic E-state index is 11.5. The third-order valence-corrected chi connectivity index (χ3v) is 1.96. The first-order chi connectivity index (χ1) is 7.30. The molecule has 0 rings (SSSR count). The SMILES string of the molecule is C=C[C@H](O)[C@H](CCC)NC(=O)OC(C)(C)C. The first-order valence-electron chi connectivity index (χ1n) is 5.60. The van der Waals surface area contributed by atoms with E-state index < -0.39 is 17.8 Å². The smallest absolute Gasteiger partial charge is 0.407 e. The molecule has 0 spiro atoms. The van der Waals surface area contributed by atoms with Crippen molar-refractivity contribution in [1.29, 1.82) is 0 Å². The minimum atomic E-state index is -0.743. The molecule has 0 saturated carbocycles. The molecule has 4 nitrogen and oxygen atoms in total.